The van der Waals surface area contributed by atoms with Crippen molar-refractivity contribution in [2.45, 2.75) is 58.1 Å². The van der Waals surface area contributed by atoms with Crippen molar-refractivity contribution in [2.24, 2.45) is 0 Å². The minimum Gasteiger partial charge on any atom is -0.377 e. The highest BCUT2D eigenvalue weighted by Gasteiger charge is 2.35. The van der Waals surface area contributed by atoms with Crippen LogP contribution >= 0.6 is 11.6 Å². The monoisotopic (exact) mass is 297 g/mol. The molecule has 0 amide bonds. The molecular formula is C17H28ClNO. The fraction of sp³-hybridized carbons (Fsp3) is 0.647. The quantitative estimate of drug-likeness (QED) is 0.727. The van der Waals surface area contributed by atoms with Gasteiger partial charge in [0.1, 0.15) is 0 Å². The lowest BCUT2D eigenvalue weighted by molar-refractivity contribution is -0.0471. The van der Waals surface area contributed by atoms with Crippen molar-refractivity contribution in [3.05, 3.63) is 34.9 Å². The van der Waals surface area contributed by atoms with E-state index < -0.39 is 0 Å². The van der Waals surface area contributed by atoms with Crippen LogP contribution in [0.4, 0.5) is 0 Å². The van der Waals surface area contributed by atoms with Crippen LogP contribution in [0.5, 0.6) is 0 Å². The Hall–Kier alpha value is -0.570. The number of hydrogen-bond acceptors (Lipinski definition) is 2. The van der Waals surface area contributed by atoms with Crippen LogP contribution in [0.2, 0.25) is 5.02 Å². The van der Waals surface area contributed by atoms with E-state index in [1.807, 2.05) is 25.3 Å². The normalized spacial score (nSPS) is 13.4. The average molecular weight is 298 g/mol. The van der Waals surface area contributed by atoms with Crippen LogP contribution < -0.4 is 5.32 Å². The minimum atomic E-state index is -0.114. The molecule has 0 aliphatic heterocycles. The van der Waals surface area contributed by atoms with Gasteiger partial charge in [-0.3, -0.25) is 0 Å². The highest BCUT2D eigenvalue weighted by Crippen LogP contribution is 2.27. The third-order valence-corrected chi connectivity index (χ3v) is 4.44. The molecule has 20 heavy (non-hydrogen) atoms. The number of methoxy groups -OCH3 is 1. The molecule has 3 heteroatoms. The first kappa shape index (κ1) is 17.5. The topological polar surface area (TPSA) is 21.3 Å². The summed E-state index contributed by atoms with van der Waals surface area (Å²) in [6.07, 6.45) is 4.07. The molecule has 1 rings (SSSR count). The van der Waals surface area contributed by atoms with E-state index in [4.69, 9.17) is 16.3 Å². The van der Waals surface area contributed by atoms with Crippen molar-refractivity contribution >= 4 is 11.6 Å². The SMILES string of the molecule is CCCNC(Cc1cccc(Cl)c1)C(CC)(CC)OC. The Balaban J connectivity index is 2.93. The summed E-state index contributed by atoms with van der Waals surface area (Å²) in [7, 11) is 1.82. The molecule has 0 radical (unpaired) electrons. The zero-order chi connectivity index (χ0) is 15.0. The molecule has 0 saturated carbocycles. The van der Waals surface area contributed by atoms with Crippen molar-refractivity contribution in [3.63, 3.8) is 0 Å². The van der Waals surface area contributed by atoms with E-state index in [0.717, 1.165) is 37.3 Å². The van der Waals surface area contributed by atoms with Gasteiger partial charge in [-0.05, 0) is 49.9 Å². The molecule has 0 saturated heterocycles. The highest BCUT2D eigenvalue weighted by atomic mass is 35.5. The van der Waals surface area contributed by atoms with Crippen LogP contribution in [0.3, 0.4) is 0 Å². The molecule has 1 N–H and O–H groups in total. The Morgan fingerprint density at radius 3 is 2.45 bits per heavy atom. The summed E-state index contributed by atoms with van der Waals surface area (Å²) < 4.78 is 5.90. The molecule has 1 aromatic carbocycles. The van der Waals surface area contributed by atoms with Gasteiger partial charge < -0.3 is 10.1 Å². The van der Waals surface area contributed by atoms with Crippen LogP contribution in [0.15, 0.2) is 24.3 Å². The molecule has 0 heterocycles. The third kappa shape index (κ3) is 4.47. The van der Waals surface area contributed by atoms with Gasteiger partial charge in [-0.15, -0.1) is 0 Å². The first-order valence-electron chi connectivity index (χ1n) is 7.64. The second-order valence-corrected chi connectivity index (χ2v) is 5.75. The van der Waals surface area contributed by atoms with Gasteiger partial charge in [-0.2, -0.15) is 0 Å². The Kier molecular flexibility index (Phi) is 7.57. The largest absolute Gasteiger partial charge is 0.377 e. The van der Waals surface area contributed by atoms with Gasteiger partial charge in [0, 0.05) is 18.2 Å². The lowest BCUT2D eigenvalue weighted by Crippen LogP contribution is -2.53. The number of benzene rings is 1. The number of halogens is 1. The molecule has 0 aliphatic carbocycles. The molecule has 1 unspecified atom stereocenters. The predicted octanol–water partition coefficient (Wildman–Crippen LogP) is 4.46. The summed E-state index contributed by atoms with van der Waals surface area (Å²) in [6, 6.07) is 8.43. The lowest BCUT2D eigenvalue weighted by Gasteiger charge is -2.39. The molecule has 0 aliphatic rings. The van der Waals surface area contributed by atoms with Crippen LogP contribution in [0, 0.1) is 0 Å². The Morgan fingerprint density at radius 1 is 1.25 bits per heavy atom. The van der Waals surface area contributed by atoms with E-state index in [0.29, 0.717) is 6.04 Å². The standard InChI is InChI=1S/C17H28ClNO/c1-5-11-19-16(17(6-2,7-3)20-4)13-14-9-8-10-15(18)12-14/h8-10,12,16,19H,5-7,11,13H2,1-4H3. The Bertz CT molecular complexity index is 382. The maximum absolute atomic E-state index is 6.10. The molecule has 2 nitrogen and oxygen atoms in total. The van der Waals surface area contributed by atoms with Crippen molar-refractivity contribution in [1.82, 2.24) is 5.32 Å². The minimum absolute atomic E-state index is 0.114. The van der Waals surface area contributed by atoms with Gasteiger partial charge in [0.25, 0.3) is 0 Å². The number of rotatable bonds is 9. The molecule has 1 atom stereocenters. The molecular weight excluding hydrogens is 270 g/mol. The number of hydrogen-bond donors (Lipinski definition) is 1. The number of nitrogens with one attached hydrogen (secondary N) is 1. The zero-order valence-corrected chi connectivity index (χ0v) is 14.0. The summed E-state index contributed by atoms with van der Waals surface area (Å²) in [4.78, 5) is 0. The van der Waals surface area contributed by atoms with E-state index in [-0.39, 0.29) is 5.60 Å². The highest BCUT2D eigenvalue weighted by molar-refractivity contribution is 6.30. The van der Waals surface area contributed by atoms with Crippen molar-refractivity contribution in [3.8, 4) is 0 Å². The van der Waals surface area contributed by atoms with Crippen LogP contribution in [0.1, 0.15) is 45.6 Å². The second-order valence-electron chi connectivity index (χ2n) is 5.32. The summed E-state index contributed by atoms with van der Waals surface area (Å²) >= 11 is 6.10. The van der Waals surface area contributed by atoms with Gasteiger partial charge >= 0.3 is 0 Å². The third-order valence-electron chi connectivity index (χ3n) is 4.21. The van der Waals surface area contributed by atoms with E-state index in [2.05, 4.69) is 32.2 Å². The second kappa shape index (κ2) is 8.66. The van der Waals surface area contributed by atoms with E-state index in [1.54, 1.807) is 0 Å². The molecule has 114 valence electrons. The smallest absolute Gasteiger partial charge is 0.0828 e. The molecule has 0 spiro atoms. The van der Waals surface area contributed by atoms with Gasteiger partial charge in [-0.1, -0.05) is 44.5 Å². The van der Waals surface area contributed by atoms with Crippen molar-refractivity contribution < 1.29 is 4.74 Å². The van der Waals surface area contributed by atoms with E-state index >= 15 is 0 Å². The number of ether oxygens (including phenoxy) is 1. The van der Waals surface area contributed by atoms with Crippen molar-refractivity contribution in [1.29, 1.82) is 0 Å². The van der Waals surface area contributed by atoms with E-state index in [9.17, 15) is 0 Å². The zero-order valence-electron chi connectivity index (χ0n) is 13.2. The maximum atomic E-state index is 6.10. The van der Waals surface area contributed by atoms with Crippen LogP contribution in [-0.4, -0.2) is 25.3 Å². The fourth-order valence-electron chi connectivity index (χ4n) is 2.84. The summed E-state index contributed by atoms with van der Waals surface area (Å²) in [6.45, 7) is 7.60. The van der Waals surface area contributed by atoms with Crippen LogP contribution in [0.25, 0.3) is 0 Å². The summed E-state index contributed by atoms with van der Waals surface area (Å²) in [5.41, 5.74) is 1.15. The van der Waals surface area contributed by atoms with Crippen LogP contribution in [-0.2, 0) is 11.2 Å². The molecule has 0 bridgehead atoms. The average Bonchev–Trinajstić information content (AvgIpc) is 2.47. The van der Waals surface area contributed by atoms with Crippen molar-refractivity contribution in [2.75, 3.05) is 13.7 Å². The molecule has 1 aromatic rings. The van der Waals surface area contributed by atoms with Gasteiger partial charge in [0.05, 0.1) is 5.60 Å². The lowest BCUT2D eigenvalue weighted by atomic mass is 9.84. The van der Waals surface area contributed by atoms with Gasteiger partial charge in [-0.25, -0.2) is 0 Å². The van der Waals surface area contributed by atoms with E-state index in [1.165, 1.54) is 5.56 Å². The first-order valence-corrected chi connectivity index (χ1v) is 8.02. The molecule has 0 fully saturated rings. The maximum Gasteiger partial charge on any atom is 0.0828 e. The Morgan fingerprint density at radius 2 is 1.95 bits per heavy atom. The molecule has 0 aromatic heterocycles. The first-order chi connectivity index (χ1) is 9.61. The summed E-state index contributed by atoms with van der Waals surface area (Å²) in [5, 5.41) is 4.46. The van der Waals surface area contributed by atoms with Gasteiger partial charge in [0.2, 0.25) is 0 Å². The Labute approximate surface area is 128 Å². The van der Waals surface area contributed by atoms with Gasteiger partial charge in [0.15, 0.2) is 0 Å². The fourth-order valence-corrected chi connectivity index (χ4v) is 3.05. The summed E-state index contributed by atoms with van der Waals surface area (Å²) in [5.74, 6) is 0. The predicted molar refractivity (Wildman–Crippen MR) is 87.6 cm³/mol.